The first kappa shape index (κ1) is 17.0. The van der Waals surface area contributed by atoms with Gasteiger partial charge in [0, 0.05) is 6.08 Å². The number of nitrogens with one attached hydrogen (secondary N) is 1. The maximum absolute atomic E-state index is 11.8. The fourth-order valence-corrected chi connectivity index (χ4v) is 2.24. The minimum Gasteiger partial charge on any atom is -0.454 e. The van der Waals surface area contributed by atoms with Crippen LogP contribution in [0.1, 0.15) is 11.1 Å². The summed E-state index contributed by atoms with van der Waals surface area (Å²) in [4.78, 5) is 23.6. The molecule has 0 unspecified atom stereocenters. The molecule has 7 heteroatoms. The molecular weight excluding hydrogens is 336 g/mol. The summed E-state index contributed by atoms with van der Waals surface area (Å²) in [6.45, 7) is -0.279. The van der Waals surface area contributed by atoms with Crippen molar-refractivity contribution in [3.05, 3.63) is 59.7 Å². The van der Waals surface area contributed by atoms with Crippen LogP contribution in [0.2, 0.25) is 0 Å². The van der Waals surface area contributed by atoms with Crippen LogP contribution < -0.4 is 14.8 Å². The molecule has 1 aliphatic heterocycles. The average molecular weight is 350 g/mol. The second-order valence-corrected chi connectivity index (χ2v) is 5.26. The second-order valence-electron chi connectivity index (χ2n) is 5.26. The SMILES string of the molecule is N#Cc1ccccc1NC(=O)COC(=O)C=Cc1ccc2c(c1)OCO2. The van der Waals surface area contributed by atoms with Crippen molar-refractivity contribution in [2.24, 2.45) is 0 Å². The Balaban J connectivity index is 1.51. The maximum Gasteiger partial charge on any atom is 0.331 e. The monoisotopic (exact) mass is 350 g/mol. The molecule has 1 N–H and O–H groups in total. The van der Waals surface area contributed by atoms with E-state index >= 15 is 0 Å². The summed E-state index contributed by atoms with van der Waals surface area (Å²) in [5, 5.41) is 11.5. The van der Waals surface area contributed by atoms with Crippen LogP contribution in [0.5, 0.6) is 11.5 Å². The normalized spacial score (nSPS) is 11.8. The first-order valence-corrected chi connectivity index (χ1v) is 7.69. The molecule has 1 amide bonds. The van der Waals surface area contributed by atoms with Gasteiger partial charge in [0.05, 0.1) is 11.3 Å². The highest BCUT2D eigenvalue weighted by Crippen LogP contribution is 2.32. The molecule has 26 heavy (non-hydrogen) atoms. The van der Waals surface area contributed by atoms with Crippen molar-refractivity contribution >= 4 is 23.6 Å². The van der Waals surface area contributed by atoms with Crippen molar-refractivity contribution in [1.29, 1.82) is 5.26 Å². The Morgan fingerprint density at radius 2 is 2.00 bits per heavy atom. The molecule has 3 rings (SSSR count). The van der Waals surface area contributed by atoms with Gasteiger partial charge in [0.25, 0.3) is 5.91 Å². The molecule has 0 radical (unpaired) electrons. The molecule has 0 aliphatic carbocycles. The number of para-hydroxylation sites is 1. The Kier molecular flexibility index (Phi) is 5.15. The molecule has 130 valence electrons. The van der Waals surface area contributed by atoms with Crippen LogP contribution in [0, 0.1) is 11.3 Å². The highest BCUT2D eigenvalue weighted by molar-refractivity contribution is 5.95. The Hall–Kier alpha value is -3.79. The first-order valence-electron chi connectivity index (χ1n) is 7.69. The van der Waals surface area contributed by atoms with Crippen LogP contribution in [-0.4, -0.2) is 25.3 Å². The molecule has 2 aromatic rings. The van der Waals surface area contributed by atoms with Gasteiger partial charge in [-0.25, -0.2) is 4.79 Å². The van der Waals surface area contributed by atoms with Crippen molar-refractivity contribution < 1.29 is 23.8 Å². The van der Waals surface area contributed by atoms with Crippen LogP contribution in [0.4, 0.5) is 5.69 Å². The predicted octanol–water partition coefficient (Wildman–Crippen LogP) is 2.48. The van der Waals surface area contributed by atoms with Crippen LogP contribution in [-0.2, 0) is 14.3 Å². The van der Waals surface area contributed by atoms with Crippen molar-refractivity contribution in [2.75, 3.05) is 18.7 Å². The molecule has 0 saturated carbocycles. The number of nitrogens with zero attached hydrogens (tertiary/aromatic N) is 1. The number of nitriles is 1. The quantitative estimate of drug-likeness (QED) is 0.657. The minimum absolute atomic E-state index is 0.175. The second kappa shape index (κ2) is 7.85. The summed E-state index contributed by atoms with van der Waals surface area (Å²) in [5.74, 6) is 0.0685. The van der Waals surface area contributed by atoms with E-state index in [2.05, 4.69) is 5.32 Å². The fraction of sp³-hybridized carbons (Fsp3) is 0.105. The number of ether oxygens (including phenoxy) is 3. The number of esters is 1. The first-order chi connectivity index (χ1) is 12.7. The summed E-state index contributed by atoms with van der Waals surface area (Å²) >= 11 is 0. The lowest BCUT2D eigenvalue weighted by molar-refractivity contribution is -0.142. The van der Waals surface area contributed by atoms with E-state index in [9.17, 15) is 9.59 Å². The summed E-state index contributed by atoms with van der Waals surface area (Å²) in [7, 11) is 0. The molecule has 1 heterocycles. The Bertz CT molecular complexity index is 914. The summed E-state index contributed by atoms with van der Waals surface area (Å²) in [6.07, 6.45) is 2.77. The molecular formula is C19H14N2O5. The van der Waals surface area contributed by atoms with Crippen molar-refractivity contribution in [2.45, 2.75) is 0 Å². The number of carbonyl (C=O) groups excluding carboxylic acids is 2. The van der Waals surface area contributed by atoms with Gasteiger partial charge in [0.15, 0.2) is 18.1 Å². The number of benzene rings is 2. The molecule has 0 saturated heterocycles. The Labute approximate surface area is 149 Å². The van der Waals surface area contributed by atoms with E-state index < -0.39 is 18.5 Å². The summed E-state index contributed by atoms with van der Waals surface area (Å²) < 4.78 is 15.3. The van der Waals surface area contributed by atoms with E-state index in [1.807, 2.05) is 6.07 Å². The minimum atomic E-state index is -0.661. The number of carbonyl (C=O) groups is 2. The van der Waals surface area contributed by atoms with E-state index in [0.717, 1.165) is 5.56 Å². The zero-order valence-corrected chi connectivity index (χ0v) is 13.6. The number of anilines is 1. The topological polar surface area (TPSA) is 97.7 Å². The largest absolute Gasteiger partial charge is 0.454 e. The molecule has 0 fully saturated rings. The maximum atomic E-state index is 11.8. The van der Waals surface area contributed by atoms with E-state index in [1.54, 1.807) is 48.5 Å². The number of fused-ring (bicyclic) bond motifs is 1. The van der Waals surface area contributed by atoms with Crippen molar-refractivity contribution in [3.8, 4) is 17.6 Å². The Morgan fingerprint density at radius 3 is 2.85 bits per heavy atom. The Morgan fingerprint density at radius 1 is 1.19 bits per heavy atom. The fourth-order valence-electron chi connectivity index (χ4n) is 2.24. The standard InChI is InChI=1S/C19H14N2O5/c20-10-14-3-1-2-4-15(14)21-18(22)11-24-19(23)8-6-13-5-7-16-17(9-13)26-12-25-16/h1-9H,11-12H2,(H,21,22). The highest BCUT2D eigenvalue weighted by Gasteiger charge is 2.12. The third-order valence-corrected chi connectivity index (χ3v) is 3.48. The zero-order valence-electron chi connectivity index (χ0n) is 13.6. The molecule has 0 spiro atoms. The lowest BCUT2D eigenvalue weighted by Gasteiger charge is -2.06. The number of rotatable bonds is 5. The van der Waals surface area contributed by atoms with Gasteiger partial charge >= 0.3 is 5.97 Å². The number of hydrogen-bond acceptors (Lipinski definition) is 6. The van der Waals surface area contributed by atoms with E-state index in [4.69, 9.17) is 19.5 Å². The molecule has 2 aromatic carbocycles. The molecule has 0 aromatic heterocycles. The van der Waals surface area contributed by atoms with Crippen molar-refractivity contribution in [1.82, 2.24) is 0 Å². The average Bonchev–Trinajstić information content (AvgIpc) is 3.13. The smallest absolute Gasteiger partial charge is 0.331 e. The van der Waals surface area contributed by atoms with Gasteiger partial charge in [-0.2, -0.15) is 5.26 Å². The highest BCUT2D eigenvalue weighted by atomic mass is 16.7. The molecule has 7 nitrogen and oxygen atoms in total. The van der Waals surface area contributed by atoms with Gasteiger partial charge in [-0.3, -0.25) is 4.79 Å². The van der Waals surface area contributed by atoms with Crippen LogP contribution in [0.15, 0.2) is 48.5 Å². The number of hydrogen-bond donors (Lipinski definition) is 1. The summed E-state index contributed by atoms with van der Waals surface area (Å²) in [6, 6.07) is 13.8. The van der Waals surface area contributed by atoms with Gasteiger partial charge in [-0.1, -0.05) is 18.2 Å². The van der Waals surface area contributed by atoms with E-state index in [-0.39, 0.29) is 6.79 Å². The van der Waals surface area contributed by atoms with Crippen LogP contribution >= 0.6 is 0 Å². The van der Waals surface area contributed by atoms with Gasteiger partial charge in [-0.05, 0) is 35.9 Å². The number of amides is 1. The third kappa shape index (κ3) is 4.19. The van der Waals surface area contributed by atoms with E-state index in [0.29, 0.717) is 22.7 Å². The van der Waals surface area contributed by atoms with Crippen LogP contribution in [0.3, 0.4) is 0 Å². The lowest BCUT2D eigenvalue weighted by Crippen LogP contribution is -2.20. The zero-order chi connectivity index (χ0) is 18.4. The van der Waals surface area contributed by atoms with Gasteiger partial charge < -0.3 is 19.5 Å². The van der Waals surface area contributed by atoms with Crippen LogP contribution in [0.25, 0.3) is 6.08 Å². The predicted molar refractivity (Wildman–Crippen MR) is 92.3 cm³/mol. The summed E-state index contributed by atoms with van der Waals surface area (Å²) in [5.41, 5.74) is 1.43. The van der Waals surface area contributed by atoms with Gasteiger partial charge in [-0.15, -0.1) is 0 Å². The lowest BCUT2D eigenvalue weighted by atomic mass is 10.2. The van der Waals surface area contributed by atoms with E-state index in [1.165, 1.54) is 6.08 Å². The third-order valence-electron chi connectivity index (χ3n) is 3.48. The van der Waals surface area contributed by atoms with Gasteiger partial charge in [0.2, 0.25) is 6.79 Å². The van der Waals surface area contributed by atoms with Crippen molar-refractivity contribution in [3.63, 3.8) is 0 Å². The molecule has 1 aliphatic rings. The van der Waals surface area contributed by atoms with Gasteiger partial charge in [0.1, 0.15) is 6.07 Å². The molecule has 0 atom stereocenters. The molecule has 0 bridgehead atoms.